The van der Waals surface area contributed by atoms with Crippen LogP contribution in [0.25, 0.3) is 0 Å². The van der Waals surface area contributed by atoms with E-state index in [4.69, 9.17) is 0 Å². The Kier molecular flexibility index (Phi) is 5.00. The minimum atomic E-state index is -0.550. The maximum Gasteiger partial charge on any atom is 0.222 e. The van der Waals surface area contributed by atoms with E-state index in [1.165, 1.54) is 16.7 Å². The zero-order valence-electron chi connectivity index (χ0n) is 15.3. The predicted octanol–water partition coefficient (Wildman–Crippen LogP) is 3.64. The summed E-state index contributed by atoms with van der Waals surface area (Å²) in [5.74, 6) is 1.03. The number of aryl methyl sites for hydroxylation is 3. The Balaban J connectivity index is 1.60. The number of hydrogen-bond donors (Lipinski definition) is 1. The molecule has 1 aromatic carbocycles. The maximum atomic E-state index is 12.7. The summed E-state index contributed by atoms with van der Waals surface area (Å²) < 4.78 is 0. The molecule has 1 aromatic rings. The van der Waals surface area contributed by atoms with Gasteiger partial charge in [0, 0.05) is 25.4 Å². The van der Waals surface area contributed by atoms with Crippen LogP contribution in [0, 0.1) is 25.7 Å². The molecule has 0 spiro atoms. The molecule has 1 saturated heterocycles. The number of rotatable bonds is 4. The molecule has 3 heteroatoms. The summed E-state index contributed by atoms with van der Waals surface area (Å²) in [7, 11) is 0. The van der Waals surface area contributed by atoms with E-state index in [2.05, 4.69) is 39.0 Å². The molecule has 0 unspecified atom stereocenters. The highest BCUT2D eigenvalue weighted by atomic mass is 16.3. The number of carbonyl (C=O) groups excluding carboxylic acids is 1. The zero-order valence-corrected chi connectivity index (χ0v) is 15.3. The second-order valence-electron chi connectivity index (χ2n) is 7.94. The third-order valence-electron chi connectivity index (χ3n) is 6.39. The van der Waals surface area contributed by atoms with Gasteiger partial charge in [-0.1, -0.05) is 37.1 Å². The highest BCUT2D eigenvalue weighted by Crippen LogP contribution is 2.44. The van der Waals surface area contributed by atoms with Gasteiger partial charge in [0.15, 0.2) is 0 Å². The van der Waals surface area contributed by atoms with Crippen molar-refractivity contribution in [1.82, 2.24) is 4.90 Å². The van der Waals surface area contributed by atoms with Gasteiger partial charge in [0.05, 0.1) is 5.60 Å². The lowest BCUT2D eigenvalue weighted by Crippen LogP contribution is -2.44. The molecular formula is C21H31NO2. The Morgan fingerprint density at radius 1 is 1.33 bits per heavy atom. The van der Waals surface area contributed by atoms with E-state index in [0.29, 0.717) is 12.3 Å². The lowest BCUT2D eigenvalue weighted by atomic mass is 9.69. The van der Waals surface area contributed by atoms with Gasteiger partial charge in [-0.2, -0.15) is 0 Å². The Bertz CT molecular complexity index is 612. The van der Waals surface area contributed by atoms with Crippen LogP contribution in [0.5, 0.6) is 0 Å². The first-order valence-electron chi connectivity index (χ1n) is 9.49. The fourth-order valence-corrected chi connectivity index (χ4v) is 4.80. The number of carbonyl (C=O) groups is 1. The van der Waals surface area contributed by atoms with Crippen molar-refractivity contribution in [2.24, 2.45) is 11.8 Å². The van der Waals surface area contributed by atoms with E-state index in [-0.39, 0.29) is 11.8 Å². The molecule has 1 amide bonds. The van der Waals surface area contributed by atoms with Gasteiger partial charge in [-0.05, 0) is 56.6 Å². The first-order chi connectivity index (χ1) is 11.4. The van der Waals surface area contributed by atoms with Crippen LogP contribution in [0.2, 0.25) is 0 Å². The molecule has 3 atom stereocenters. The number of amides is 1. The van der Waals surface area contributed by atoms with Crippen LogP contribution < -0.4 is 0 Å². The Labute approximate surface area is 146 Å². The molecule has 3 nitrogen and oxygen atoms in total. The summed E-state index contributed by atoms with van der Waals surface area (Å²) in [6, 6.07) is 6.46. The summed E-state index contributed by atoms with van der Waals surface area (Å²) in [6.07, 6.45) is 5.35. The van der Waals surface area contributed by atoms with Crippen molar-refractivity contribution in [3.8, 4) is 0 Å². The van der Waals surface area contributed by atoms with Crippen LogP contribution in [0.1, 0.15) is 55.7 Å². The average molecular weight is 329 g/mol. The van der Waals surface area contributed by atoms with Crippen molar-refractivity contribution >= 4 is 5.91 Å². The van der Waals surface area contributed by atoms with Gasteiger partial charge in [0.25, 0.3) is 0 Å². The SMILES string of the molecule is CC[C@@]1(O)CCC[C@@H]2CN(C(=O)CCc3ccc(C)cc3C)C[C@@H]21. The molecule has 1 saturated carbocycles. The normalized spacial score (nSPS) is 29.6. The number of nitrogens with zero attached hydrogens (tertiary/aromatic N) is 1. The lowest BCUT2D eigenvalue weighted by Gasteiger charge is -2.40. The van der Waals surface area contributed by atoms with Gasteiger partial charge in [0.2, 0.25) is 5.91 Å². The van der Waals surface area contributed by atoms with Crippen molar-refractivity contribution in [2.45, 2.75) is 64.9 Å². The van der Waals surface area contributed by atoms with Gasteiger partial charge >= 0.3 is 0 Å². The van der Waals surface area contributed by atoms with Crippen molar-refractivity contribution in [3.05, 3.63) is 34.9 Å². The maximum absolute atomic E-state index is 12.7. The number of hydrogen-bond acceptors (Lipinski definition) is 2. The van der Waals surface area contributed by atoms with Crippen molar-refractivity contribution in [2.75, 3.05) is 13.1 Å². The number of likely N-dealkylation sites (tertiary alicyclic amines) is 1. The number of fused-ring (bicyclic) bond motifs is 1. The average Bonchev–Trinajstić information content (AvgIpc) is 3.00. The number of benzene rings is 1. The molecule has 1 aliphatic heterocycles. The summed E-state index contributed by atoms with van der Waals surface area (Å²) in [4.78, 5) is 14.7. The summed E-state index contributed by atoms with van der Waals surface area (Å²) in [5.41, 5.74) is 3.27. The van der Waals surface area contributed by atoms with Gasteiger partial charge in [-0.25, -0.2) is 0 Å². The summed E-state index contributed by atoms with van der Waals surface area (Å²) in [5, 5.41) is 10.9. The second kappa shape index (κ2) is 6.87. The van der Waals surface area contributed by atoms with E-state index < -0.39 is 5.60 Å². The zero-order chi connectivity index (χ0) is 17.3. The molecule has 3 rings (SSSR count). The van der Waals surface area contributed by atoms with Crippen LogP contribution in [0.4, 0.5) is 0 Å². The second-order valence-corrected chi connectivity index (χ2v) is 7.94. The van der Waals surface area contributed by atoms with Crippen LogP contribution in [-0.4, -0.2) is 34.6 Å². The van der Waals surface area contributed by atoms with Crippen molar-refractivity contribution in [1.29, 1.82) is 0 Å². The highest BCUT2D eigenvalue weighted by Gasteiger charge is 2.48. The van der Waals surface area contributed by atoms with E-state index in [0.717, 1.165) is 45.2 Å². The van der Waals surface area contributed by atoms with Gasteiger partial charge < -0.3 is 10.0 Å². The Morgan fingerprint density at radius 2 is 2.12 bits per heavy atom. The molecule has 24 heavy (non-hydrogen) atoms. The van der Waals surface area contributed by atoms with E-state index in [9.17, 15) is 9.90 Å². The van der Waals surface area contributed by atoms with Gasteiger partial charge in [0.1, 0.15) is 0 Å². The van der Waals surface area contributed by atoms with Crippen molar-refractivity contribution < 1.29 is 9.90 Å². The quantitative estimate of drug-likeness (QED) is 0.916. The standard InChI is InChI=1S/C21H31NO2/c1-4-21(24)11-5-6-18-13-22(14-19(18)21)20(23)10-9-17-8-7-15(2)12-16(17)3/h7-8,12,18-19,24H,4-6,9-11,13-14H2,1-3H3/t18-,19+,21-/m1/s1. The third kappa shape index (κ3) is 3.37. The third-order valence-corrected chi connectivity index (χ3v) is 6.39. The monoisotopic (exact) mass is 329 g/mol. The van der Waals surface area contributed by atoms with E-state index >= 15 is 0 Å². The predicted molar refractivity (Wildman–Crippen MR) is 96.9 cm³/mol. The minimum Gasteiger partial charge on any atom is -0.390 e. The molecule has 2 fully saturated rings. The van der Waals surface area contributed by atoms with Gasteiger partial charge in [-0.3, -0.25) is 4.79 Å². The molecule has 1 heterocycles. The first-order valence-corrected chi connectivity index (χ1v) is 9.49. The minimum absolute atomic E-state index is 0.253. The van der Waals surface area contributed by atoms with Gasteiger partial charge in [-0.15, -0.1) is 0 Å². The highest BCUT2D eigenvalue weighted by molar-refractivity contribution is 5.77. The largest absolute Gasteiger partial charge is 0.390 e. The van der Waals surface area contributed by atoms with E-state index in [1.807, 2.05) is 4.90 Å². The van der Waals surface area contributed by atoms with Crippen LogP contribution >= 0.6 is 0 Å². The fraction of sp³-hybridized carbons (Fsp3) is 0.667. The molecule has 1 N–H and O–H groups in total. The molecule has 2 aliphatic rings. The van der Waals surface area contributed by atoms with Crippen LogP contribution in [-0.2, 0) is 11.2 Å². The first kappa shape index (κ1) is 17.5. The number of aliphatic hydroxyl groups is 1. The smallest absolute Gasteiger partial charge is 0.222 e. The summed E-state index contributed by atoms with van der Waals surface area (Å²) in [6.45, 7) is 7.90. The molecule has 0 aromatic heterocycles. The summed E-state index contributed by atoms with van der Waals surface area (Å²) >= 11 is 0. The molecule has 0 bridgehead atoms. The van der Waals surface area contributed by atoms with Crippen LogP contribution in [0.15, 0.2) is 18.2 Å². The topological polar surface area (TPSA) is 40.5 Å². The molecule has 0 radical (unpaired) electrons. The molecular weight excluding hydrogens is 298 g/mol. The van der Waals surface area contributed by atoms with Crippen molar-refractivity contribution in [3.63, 3.8) is 0 Å². The Hall–Kier alpha value is -1.35. The molecule has 132 valence electrons. The fourth-order valence-electron chi connectivity index (χ4n) is 4.80. The Morgan fingerprint density at radius 3 is 2.83 bits per heavy atom. The van der Waals surface area contributed by atoms with E-state index in [1.54, 1.807) is 0 Å². The molecule has 1 aliphatic carbocycles. The lowest BCUT2D eigenvalue weighted by molar-refractivity contribution is -0.130. The van der Waals surface area contributed by atoms with Crippen LogP contribution in [0.3, 0.4) is 0 Å².